The van der Waals surface area contributed by atoms with Crippen molar-refractivity contribution in [3.05, 3.63) is 53.1 Å². The van der Waals surface area contributed by atoms with Crippen molar-refractivity contribution in [3.63, 3.8) is 0 Å². The lowest BCUT2D eigenvalue weighted by atomic mass is 10.1. The van der Waals surface area contributed by atoms with E-state index in [1.165, 1.54) is 18.5 Å². The predicted molar refractivity (Wildman–Crippen MR) is 120 cm³/mol. The Morgan fingerprint density at radius 3 is 2.48 bits per heavy atom. The smallest absolute Gasteiger partial charge is 0.332 e. The number of nitrogens with two attached hydrogens (primary N) is 1. The first-order chi connectivity index (χ1) is 14.5. The molecule has 8 nitrogen and oxygen atoms in total. The van der Waals surface area contributed by atoms with Crippen LogP contribution in [0, 0.1) is 0 Å². The second-order valence-electron chi connectivity index (χ2n) is 7.35. The number of halogens is 2. The lowest BCUT2D eigenvalue weighted by Gasteiger charge is -2.37. The minimum absolute atomic E-state index is 0.144. The quantitative estimate of drug-likeness (QED) is 0.633. The Bertz CT molecular complexity index is 1160. The van der Waals surface area contributed by atoms with Crippen molar-refractivity contribution < 1.29 is 17.1 Å². The zero-order valence-corrected chi connectivity index (χ0v) is 18.4. The molecule has 0 saturated heterocycles. The molecule has 0 atom stereocenters. The first kappa shape index (κ1) is 22.7. The van der Waals surface area contributed by atoms with Gasteiger partial charge in [0.1, 0.15) is 12.0 Å². The maximum absolute atomic E-state index is 12.9. The first-order valence-corrected chi connectivity index (χ1v) is 11.0. The van der Waals surface area contributed by atoms with Gasteiger partial charge in [0.25, 0.3) is 0 Å². The van der Waals surface area contributed by atoms with Gasteiger partial charge >= 0.3 is 10.2 Å². The summed E-state index contributed by atoms with van der Waals surface area (Å²) >= 11 is 6.42. The first-order valence-electron chi connectivity index (χ1n) is 9.27. The van der Waals surface area contributed by atoms with Crippen LogP contribution in [-0.4, -0.2) is 32.3 Å². The summed E-state index contributed by atoms with van der Waals surface area (Å²) in [6.07, 6.45) is 1.95. The molecule has 0 saturated carbocycles. The highest BCUT2D eigenvalue weighted by Gasteiger charge is 2.31. The van der Waals surface area contributed by atoms with Crippen LogP contribution < -0.4 is 16.0 Å². The molecule has 0 aromatic heterocycles. The lowest BCUT2D eigenvalue weighted by Crippen LogP contribution is -2.52. The summed E-state index contributed by atoms with van der Waals surface area (Å²) in [6.45, 7) is 3.79. The Morgan fingerprint density at radius 2 is 1.90 bits per heavy atom. The van der Waals surface area contributed by atoms with Gasteiger partial charge in [-0.15, -0.1) is 3.89 Å². The zero-order valence-electron chi connectivity index (χ0n) is 16.8. The summed E-state index contributed by atoms with van der Waals surface area (Å²) in [5.74, 6) is 0.00801. The van der Waals surface area contributed by atoms with Gasteiger partial charge in [-0.05, 0) is 62.2 Å². The minimum atomic E-state index is -4.78. The van der Waals surface area contributed by atoms with Crippen molar-refractivity contribution in [2.45, 2.75) is 37.2 Å². The maximum atomic E-state index is 12.9. The van der Waals surface area contributed by atoms with Gasteiger partial charge in [-0.3, -0.25) is 9.69 Å². The number of amides is 1. The summed E-state index contributed by atoms with van der Waals surface area (Å²) in [6, 6.07) is 10.2. The molecular formula is C20H21ClFN5O3S. The van der Waals surface area contributed by atoms with Crippen molar-refractivity contribution in [1.29, 1.82) is 0 Å². The molecule has 0 bridgehead atoms. The number of benzene rings is 2. The number of hydrogen-bond acceptors (Lipinski definition) is 7. The van der Waals surface area contributed by atoms with Gasteiger partial charge in [0.05, 0.1) is 4.90 Å². The lowest BCUT2D eigenvalue weighted by molar-refractivity contribution is -0.116. The van der Waals surface area contributed by atoms with Gasteiger partial charge in [0.2, 0.25) is 11.9 Å². The molecule has 2 aromatic carbocycles. The molecule has 0 spiro atoms. The molecule has 0 unspecified atom stereocenters. The second kappa shape index (κ2) is 8.64. The Balaban J connectivity index is 1.64. The van der Waals surface area contributed by atoms with Crippen molar-refractivity contribution in [1.82, 2.24) is 0 Å². The summed E-state index contributed by atoms with van der Waals surface area (Å²) in [5.41, 5.74) is 7.26. The summed E-state index contributed by atoms with van der Waals surface area (Å²) in [5, 5.41) is 3.11. The molecule has 164 valence electrons. The highest BCUT2D eigenvalue weighted by atomic mass is 35.5. The third kappa shape index (κ3) is 5.39. The molecule has 0 radical (unpaired) electrons. The highest BCUT2D eigenvalue weighted by Crippen LogP contribution is 2.31. The molecule has 1 amide bonds. The van der Waals surface area contributed by atoms with Gasteiger partial charge in [-0.25, -0.2) is 9.98 Å². The summed E-state index contributed by atoms with van der Waals surface area (Å²) in [7, 11) is -4.78. The van der Waals surface area contributed by atoms with E-state index in [1.54, 1.807) is 11.0 Å². The number of guanidine groups is 1. The molecule has 3 N–H and O–H groups in total. The number of carbonyl (C=O) groups excluding carboxylic acids is 1. The van der Waals surface area contributed by atoms with Crippen LogP contribution in [0.25, 0.3) is 0 Å². The molecule has 1 aliphatic heterocycles. The van der Waals surface area contributed by atoms with Crippen molar-refractivity contribution in [2.24, 2.45) is 15.7 Å². The molecule has 2 aromatic rings. The second-order valence-corrected chi connectivity index (χ2v) is 9.10. The molecule has 3 rings (SSSR count). The largest absolute Gasteiger partial charge is 0.369 e. The molecule has 1 aliphatic rings. The number of hydrogen-bond donors (Lipinski definition) is 2. The Kier molecular flexibility index (Phi) is 6.33. The molecule has 11 heteroatoms. The number of aliphatic imine (C=N–C) groups is 2. The number of nitrogens with zero attached hydrogens (tertiary/aromatic N) is 3. The summed E-state index contributed by atoms with van der Waals surface area (Å²) < 4.78 is 34.6. The third-order valence-electron chi connectivity index (χ3n) is 4.68. The van der Waals surface area contributed by atoms with E-state index >= 15 is 0 Å². The SMILES string of the molecule is CC1(C)N=CN=C(N)N1c1ccc(CCC(=O)Nc2ccc(S(=O)(=O)F)cc2)c(Cl)c1. The van der Waals surface area contributed by atoms with Crippen LogP contribution in [0.15, 0.2) is 57.3 Å². The van der Waals surface area contributed by atoms with Crippen LogP contribution in [-0.2, 0) is 21.4 Å². The van der Waals surface area contributed by atoms with Crippen LogP contribution >= 0.6 is 11.6 Å². The van der Waals surface area contributed by atoms with Gasteiger partial charge in [-0.1, -0.05) is 17.7 Å². The van der Waals surface area contributed by atoms with Gasteiger partial charge in [-0.2, -0.15) is 8.42 Å². The minimum Gasteiger partial charge on any atom is -0.369 e. The Labute approximate surface area is 184 Å². The van der Waals surface area contributed by atoms with Crippen LogP contribution in [0.3, 0.4) is 0 Å². The fraction of sp³-hybridized carbons (Fsp3) is 0.250. The number of nitrogens with one attached hydrogen (secondary N) is 1. The predicted octanol–water partition coefficient (Wildman–Crippen LogP) is 3.47. The number of rotatable bonds is 6. The van der Waals surface area contributed by atoms with E-state index in [0.29, 0.717) is 23.1 Å². The van der Waals surface area contributed by atoms with Gasteiger partial charge in [0, 0.05) is 22.8 Å². The molecule has 0 aliphatic carbocycles. The average molecular weight is 466 g/mol. The standard InChI is InChI=1S/C20H21ClFN5O3S/c1-20(2)25-12-24-19(23)27(20)15-7-3-13(17(21)11-15)4-10-18(28)26-14-5-8-16(9-6-14)31(22,29)30/h3,5-9,11-12H,4,10H2,1-2H3,(H,26,28)(H2,23,24,25). The third-order valence-corrected chi connectivity index (χ3v) is 5.86. The van der Waals surface area contributed by atoms with E-state index in [-0.39, 0.29) is 12.3 Å². The van der Waals surface area contributed by atoms with E-state index in [4.69, 9.17) is 17.3 Å². The average Bonchev–Trinajstić information content (AvgIpc) is 2.66. The molecular weight excluding hydrogens is 445 g/mol. The topological polar surface area (TPSA) is 117 Å². The van der Waals surface area contributed by atoms with Crippen molar-refractivity contribution >= 4 is 51.4 Å². The summed E-state index contributed by atoms with van der Waals surface area (Å²) in [4.78, 5) is 21.9. The number of aryl methyl sites for hydroxylation is 1. The zero-order chi connectivity index (χ0) is 22.8. The van der Waals surface area contributed by atoms with Gasteiger partial charge in [0.15, 0.2) is 0 Å². The monoisotopic (exact) mass is 465 g/mol. The van der Waals surface area contributed by atoms with Crippen molar-refractivity contribution in [3.8, 4) is 0 Å². The Hall–Kier alpha value is -2.98. The van der Waals surface area contributed by atoms with E-state index in [1.807, 2.05) is 26.0 Å². The molecule has 0 fully saturated rings. The van der Waals surface area contributed by atoms with Crippen LogP contribution in [0.1, 0.15) is 25.8 Å². The highest BCUT2D eigenvalue weighted by molar-refractivity contribution is 7.86. The van der Waals surface area contributed by atoms with E-state index in [9.17, 15) is 17.1 Å². The fourth-order valence-corrected chi connectivity index (χ4v) is 3.85. The maximum Gasteiger partial charge on any atom is 0.332 e. The van der Waals surface area contributed by atoms with E-state index < -0.39 is 20.8 Å². The molecule has 31 heavy (non-hydrogen) atoms. The van der Waals surface area contributed by atoms with Gasteiger partial charge < -0.3 is 11.1 Å². The Morgan fingerprint density at radius 1 is 1.23 bits per heavy atom. The van der Waals surface area contributed by atoms with Crippen LogP contribution in [0.5, 0.6) is 0 Å². The van der Waals surface area contributed by atoms with Crippen LogP contribution in [0.2, 0.25) is 5.02 Å². The van der Waals surface area contributed by atoms with Crippen LogP contribution in [0.4, 0.5) is 15.3 Å². The van der Waals surface area contributed by atoms with Crippen molar-refractivity contribution in [2.75, 3.05) is 10.2 Å². The number of anilines is 2. The fourth-order valence-electron chi connectivity index (χ4n) is 3.12. The normalized spacial score (nSPS) is 15.5. The van der Waals surface area contributed by atoms with E-state index in [2.05, 4.69) is 15.3 Å². The molecule has 1 heterocycles. The number of carbonyl (C=O) groups is 1. The van der Waals surface area contributed by atoms with E-state index in [0.717, 1.165) is 23.4 Å².